The number of piperidine rings is 1. The van der Waals surface area contributed by atoms with Gasteiger partial charge < -0.3 is 43.9 Å². The molecule has 14 heteroatoms. The molecule has 2 bridgehead atoms. The molecule has 43 heavy (non-hydrogen) atoms. The van der Waals surface area contributed by atoms with Crippen molar-refractivity contribution in [1.82, 2.24) is 4.90 Å². The van der Waals surface area contributed by atoms with Gasteiger partial charge in [-0.15, -0.1) is 0 Å². The monoisotopic (exact) mass is 603 g/mol. The summed E-state index contributed by atoms with van der Waals surface area (Å²) in [5.41, 5.74) is -0.123. The van der Waals surface area contributed by atoms with Gasteiger partial charge in [0, 0.05) is 18.0 Å². The molecule has 1 fully saturated rings. The summed E-state index contributed by atoms with van der Waals surface area (Å²) >= 11 is 0. The number of carbonyl (C=O) groups is 5. The highest BCUT2D eigenvalue weighted by Crippen LogP contribution is 2.65. The summed E-state index contributed by atoms with van der Waals surface area (Å²) in [5.74, 6) is -4.87. The number of carbonyl (C=O) groups excluding carboxylic acids is 3. The lowest BCUT2D eigenvalue weighted by atomic mass is 9.50. The Bertz CT molecular complexity index is 1400. The van der Waals surface area contributed by atoms with Crippen LogP contribution in [0.3, 0.4) is 0 Å². The topological polar surface area (TPSA) is 195 Å². The minimum absolute atomic E-state index is 0.175. The van der Waals surface area contributed by atoms with Gasteiger partial charge >= 0.3 is 29.8 Å². The van der Waals surface area contributed by atoms with Crippen LogP contribution in [0.25, 0.3) is 0 Å². The van der Waals surface area contributed by atoms with Crippen LogP contribution < -0.4 is 9.47 Å². The zero-order chi connectivity index (χ0) is 31.3. The first-order chi connectivity index (χ1) is 20.3. The fourth-order valence-corrected chi connectivity index (χ4v) is 6.85. The molecule has 2 aliphatic carbocycles. The number of esters is 3. The van der Waals surface area contributed by atoms with Crippen molar-refractivity contribution in [2.45, 2.75) is 80.8 Å². The van der Waals surface area contributed by atoms with Gasteiger partial charge in [0.1, 0.15) is 5.76 Å². The van der Waals surface area contributed by atoms with Crippen LogP contribution in [0.4, 0.5) is 0 Å². The average Bonchev–Trinajstić information content (AvgIpc) is 3.30. The van der Waals surface area contributed by atoms with E-state index in [2.05, 4.69) is 9.64 Å². The number of ether oxygens (including phenoxy) is 5. The Balaban J connectivity index is 1.24. The number of carboxylic acids is 2. The number of aliphatic carboxylic acids is 2. The van der Waals surface area contributed by atoms with Gasteiger partial charge in [0.25, 0.3) is 0 Å². The smallest absolute Gasteiger partial charge is 0.348 e. The van der Waals surface area contributed by atoms with E-state index in [-0.39, 0.29) is 18.2 Å². The van der Waals surface area contributed by atoms with E-state index >= 15 is 0 Å². The number of hydrogen-bond acceptors (Lipinski definition) is 12. The third kappa shape index (κ3) is 4.97. The lowest BCUT2D eigenvalue weighted by Crippen LogP contribution is -2.74. The van der Waals surface area contributed by atoms with Crippen LogP contribution in [0, 0.1) is 0 Å². The Labute approximate surface area is 246 Å². The molecule has 4 aliphatic rings. The molecule has 6 atom stereocenters. The number of methoxy groups -OCH3 is 1. The van der Waals surface area contributed by atoms with E-state index in [0.29, 0.717) is 30.9 Å². The Morgan fingerprint density at radius 2 is 1.84 bits per heavy atom. The zero-order valence-electron chi connectivity index (χ0n) is 23.9. The number of carboxylic acid groups (broad SMARTS) is 2. The van der Waals surface area contributed by atoms with Gasteiger partial charge in [-0.1, -0.05) is 6.07 Å². The Hall–Kier alpha value is -4.17. The second-order valence-corrected chi connectivity index (χ2v) is 11.3. The van der Waals surface area contributed by atoms with E-state index in [1.54, 1.807) is 6.08 Å². The Kier molecular flexibility index (Phi) is 7.86. The second kappa shape index (κ2) is 11.2. The highest BCUT2D eigenvalue weighted by atomic mass is 16.6. The summed E-state index contributed by atoms with van der Waals surface area (Å²) in [5, 5.41) is 30.0. The highest BCUT2D eigenvalue weighted by molar-refractivity contribution is 5.85. The molecular formula is C29H33NO13. The number of rotatable bonds is 11. The van der Waals surface area contributed by atoms with E-state index in [1.807, 2.05) is 19.2 Å². The lowest BCUT2D eigenvalue weighted by molar-refractivity contribution is -0.178. The molecule has 1 aromatic carbocycles. The molecule has 1 spiro atoms. The average molecular weight is 604 g/mol. The quantitative estimate of drug-likeness (QED) is 0.236. The van der Waals surface area contributed by atoms with Gasteiger partial charge in [-0.3, -0.25) is 14.4 Å². The Morgan fingerprint density at radius 1 is 1.12 bits per heavy atom. The summed E-state index contributed by atoms with van der Waals surface area (Å²) in [6, 6.07) is 3.64. The summed E-state index contributed by atoms with van der Waals surface area (Å²) in [6.07, 6.45) is -3.08. The van der Waals surface area contributed by atoms with Crippen molar-refractivity contribution in [3.63, 3.8) is 0 Å². The molecule has 5 rings (SSSR count). The predicted molar refractivity (Wildman–Crippen MR) is 142 cm³/mol. The third-order valence-corrected chi connectivity index (χ3v) is 8.86. The largest absolute Gasteiger partial charge is 0.493 e. The second-order valence-electron chi connectivity index (χ2n) is 11.3. The van der Waals surface area contributed by atoms with Crippen molar-refractivity contribution in [3.05, 3.63) is 35.1 Å². The van der Waals surface area contributed by atoms with Gasteiger partial charge in [-0.2, -0.15) is 0 Å². The highest BCUT2D eigenvalue weighted by Gasteiger charge is 2.72. The maximum Gasteiger partial charge on any atom is 0.348 e. The summed E-state index contributed by atoms with van der Waals surface area (Å²) < 4.78 is 27.2. The summed E-state index contributed by atoms with van der Waals surface area (Å²) in [7, 11) is 3.51. The van der Waals surface area contributed by atoms with Crippen molar-refractivity contribution < 1.29 is 63.0 Å². The van der Waals surface area contributed by atoms with Crippen LogP contribution in [0.2, 0.25) is 0 Å². The maximum absolute atomic E-state index is 12.9. The Morgan fingerprint density at radius 3 is 2.51 bits per heavy atom. The summed E-state index contributed by atoms with van der Waals surface area (Å²) in [4.78, 5) is 61.3. The molecule has 0 aromatic heterocycles. The normalized spacial score (nSPS) is 27.9. The molecule has 0 radical (unpaired) electrons. The number of nitrogens with zero attached hydrogens (tertiary/aromatic N) is 1. The molecule has 2 heterocycles. The predicted octanol–water partition coefficient (Wildman–Crippen LogP) is 0.699. The SMILES string of the molecule is COc1ccc2c3c1O[C@H]1C(OC(=O)CCC(=O)O[C@@H](C)C(=O)O[C@H](CC(=O)O)C(=O)O)=CC[C@@]4(O)[C@H](C2)N(C)CC[C@]314. The van der Waals surface area contributed by atoms with Crippen molar-refractivity contribution in [1.29, 1.82) is 0 Å². The minimum atomic E-state index is -1.95. The first kappa shape index (κ1) is 30.3. The van der Waals surface area contributed by atoms with Crippen molar-refractivity contribution in [2.24, 2.45) is 0 Å². The molecule has 0 unspecified atom stereocenters. The van der Waals surface area contributed by atoms with E-state index in [0.717, 1.165) is 18.1 Å². The molecule has 232 valence electrons. The molecular weight excluding hydrogens is 570 g/mol. The van der Waals surface area contributed by atoms with Crippen LogP contribution in [0.15, 0.2) is 24.0 Å². The van der Waals surface area contributed by atoms with Gasteiger partial charge in [-0.25, -0.2) is 9.59 Å². The molecule has 14 nitrogen and oxygen atoms in total. The van der Waals surface area contributed by atoms with Crippen molar-refractivity contribution in [2.75, 3.05) is 20.7 Å². The van der Waals surface area contributed by atoms with Crippen LogP contribution in [-0.2, 0) is 50.0 Å². The van der Waals surface area contributed by atoms with Crippen LogP contribution in [0.1, 0.15) is 50.2 Å². The van der Waals surface area contributed by atoms with E-state index in [9.17, 15) is 29.1 Å². The van der Waals surface area contributed by atoms with Crippen LogP contribution >= 0.6 is 0 Å². The van der Waals surface area contributed by atoms with Gasteiger partial charge in [0.2, 0.25) is 6.10 Å². The van der Waals surface area contributed by atoms with Crippen LogP contribution in [-0.4, -0.2) is 101 Å². The number of likely N-dealkylation sites (tertiary alicyclic amines) is 1. The number of hydrogen-bond donors (Lipinski definition) is 3. The first-order valence-corrected chi connectivity index (χ1v) is 13.9. The number of benzene rings is 1. The maximum atomic E-state index is 12.9. The fraction of sp³-hybridized carbons (Fsp3) is 0.552. The molecule has 1 aromatic rings. The summed E-state index contributed by atoms with van der Waals surface area (Å²) in [6.45, 7) is 1.82. The van der Waals surface area contributed by atoms with Crippen molar-refractivity contribution >= 4 is 29.8 Å². The molecule has 0 amide bonds. The first-order valence-electron chi connectivity index (χ1n) is 13.9. The lowest BCUT2D eigenvalue weighted by Gasteiger charge is -2.61. The molecule has 1 saturated heterocycles. The van der Waals surface area contributed by atoms with E-state index in [4.69, 9.17) is 29.2 Å². The molecule has 2 aliphatic heterocycles. The van der Waals surface area contributed by atoms with Gasteiger partial charge in [-0.05, 0) is 51.1 Å². The van der Waals surface area contributed by atoms with E-state index in [1.165, 1.54) is 7.11 Å². The van der Waals surface area contributed by atoms with E-state index < -0.39 is 78.4 Å². The van der Waals surface area contributed by atoms with Crippen LogP contribution in [0.5, 0.6) is 11.5 Å². The number of likely N-dealkylation sites (N-methyl/N-ethyl adjacent to an activating group) is 1. The van der Waals surface area contributed by atoms with Gasteiger partial charge in [0.05, 0.1) is 37.4 Å². The third-order valence-electron chi connectivity index (χ3n) is 8.86. The molecule has 3 N–H and O–H groups in total. The van der Waals surface area contributed by atoms with Crippen molar-refractivity contribution in [3.8, 4) is 11.5 Å². The number of aliphatic hydroxyl groups is 1. The minimum Gasteiger partial charge on any atom is -0.493 e. The zero-order valence-corrected chi connectivity index (χ0v) is 23.9. The fourth-order valence-electron chi connectivity index (χ4n) is 6.85. The molecule has 0 saturated carbocycles. The standard InChI is InChI=1S/C29H33NO13/c1-14(27(37)42-18(26(35)36)13-20(31)32)40-21(33)6-7-22(34)41-17-8-9-29(38)19-12-15-4-5-16(39-3)24-23(15)28(29,25(17)43-24)10-11-30(19)2/h4-5,8,14,18-19,25,38H,6-7,9-13H2,1-3H3,(H,31,32)(H,35,36)/t14-,18+,19-,25-,28-,29+/m0/s1. The van der Waals surface area contributed by atoms with Gasteiger partial charge in [0.15, 0.2) is 23.7 Å².